The summed E-state index contributed by atoms with van der Waals surface area (Å²) in [6.45, 7) is 4.90. The predicted molar refractivity (Wildman–Crippen MR) is 57.0 cm³/mol. The van der Waals surface area contributed by atoms with Gasteiger partial charge in [0, 0.05) is 11.8 Å². The van der Waals surface area contributed by atoms with Crippen LogP contribution in [-0.4, -0.2) is 36.5 Å². The van der Waals surface area contributed by atoms with Gasteiger partial charge < -0.3 is 10.6 Å². The summed E-state index contributed by atoms with van der Waals surface area (Å²) in [4.78, 5) is 11.1. The molecule has 76 valence electrons. The number of nitrogens with one attached hydrogen (secondary N) is 2. The summed E-state index contributed by atoms with van der Waals surface area (Å²) in [5, 5.41) is 6.81. The fourth-order valence-electron chi connectivity index (χ4n) is 1.40. The molecule has 0 spiro atoms. The van der Waals surface area contributed by atoms with Crippen molar-refractivity contribution in [1.82, 2.24) is 10.6 Å². The van der Waals surface area contributed by atoms with Crippen LogP contribution in [0.3, 0.4) is 0 Å². The molecule has 3 nitrogen and oxygen atoms in total. The number of hydrogen-bond acceptors (Lipinski definition) is 3. The summed E-state index contributed by atoms with van der Waals surface area (Å²) < 4.78 is 0. The highest BCUT2D eigenvalue weighted by Gasteiger charge is 2.14. The summed E-state index contributed by atoms with van der Waals surface area (Å²) in [5.41, 5.74) is 0. The highest BCUT2D eigenvalue weighted by atomic mass is 32.2. The molecule has 1 fully saturated rings. The molecule has 0 aromatic heterocycles. The van der Waals surface area contributed by atoms with Crippen molar-refractivity contribution >= 4 is 17.7 Å². The van der Waals surface area contributed by atoms with E-state index in [4.69, 9.17) is 0 Å². The summed E-state index contributed by atoms with van der Waals surface area (Å²) >= 11 is 1.79. The molecule has 0 bridgehead atoms. The van der Waals surface area contributed by atoms with Gasteiger partial charge in [-0.05, 0) is 32.9 Å². The van der Waals surface area contributed by atoms with Gasteiger partial charge in [-0.3, -0.25) is 4.79 Å². The monoisotopic (exact) mass is 202 g/mol. The van der Waals surface area contributed by atoms with Crippen molar-refractivity contribution in [1.29, 1.82) is 0 Å². The maximum atomic E-state index is 11.1. The second-order valence-corrected chi connectivity index (χ2v) is 4.50. The Bertz CT molecular complexity index is 158. The molecule has 0 radical (unpaired) electrons. The van der Waals surface area contributed by atoms with Crippen LogP contribution in [0.15, 0.2) is 0 Å². The molecule has 0 aliphatic carbocycles. The Kier molecular flexibility index (Phi) is 5.23. The van der Waals surface area contributed by atoms with Gasteiger partial charge in [-0.1, -0.05) is 0 Å². The molecule has 4 heteroatoms. The second-order valence-electron chi connectivity index (χ2n) is 3.21. The first kappa shape index (κ1) is 10.9. The van der Waals surface area contributed by atoms with E-state index in [2.05, 4.69) is 10.6 Å². The van der Waals surface area contributed by atoms with Crippen molar-refractivity contribution in [2.75, 3.05) is 25.4 Å². The minimum absolute atomic E-state index is 0.172. The van der Waals surface area contributed by atoms with Crippen LogP contribution in [0, 0.1) is 0 Å². The molecule has 1 aliphatic heterocycles. The van der Waals surface area contributed by atoms with Gasteiger partial charge in [0.25, 0.3) is 0 Å². The molecule has 1 aliphatic rings. The van der Waals surface area contributed by atoms with Crippen LogP contribution in [0.2, 0.25) is 0 Å². The second kappa shape index (κ2) is 6.27. The zero-order valence-corrected chi connectivity index (χ0v) is 8.95. The zero-order chi connectivity index (χ0) is 9.52. The smallest absolute Gasteiger partial charge is 0.229 e. The SMILES string of the molecule is CCNC(=O)CSC1CCNCC1. The lowest BCUT2D eigenvalue weighted by molar-refractivity contribution is -0.118. The first-order chi connectivity index (χ1) is 6.33. The van der Waals surface area contributed by atoms with Crippen molar-refractivity contribution in [3.05, 3.63) is 0 Å². The van der Waals surface area contributed by atoms with Crippen LogP contribution < -0.4 is 10.6 Å². The van der Waals surface area contributed by atoms with E-state index in [-0.39, 0.29) is 5.91 Å². The van der Waals surface area contributed by atoms with E-state index in [1.54, 1.807) is 11.8 Å². The Morgan fingerprint density at radius 1 is 1.54 bits per heavy atom. The largest absolute Gasteiger partial charge is 0.356 e. The normalized spacial score (nSPS) is 18.5. The van der Waals surface area contributed by atoms with E-state index in [0.717, 1.165) is 19.6 Å². The molecule has 1 rings (SSSR count). The van der Waals surface area contributed by atoms with Gasteiger partial charge in [-0.2, -0.15) is 0 Å². The molecule has 1 heterocycles. The Morgan fingerprint density at radius 2 is 2.23 bits per heavy atom. The van der Waals surface area contributed by atoms with E-state index in [1.807, 2.05) is 6.92 Å². The third-order valence-electron chi connectivity index (χ3n) is 2.11. The fraction of sp³-hybridized carbons (Fsp3) is 0.889. The molecular weight excluding hydrogens is 184 g/mol. The van der Waals surface area contributed by atoms with Gasteiger partial charge in [-0.15, -0.1) is 11.8 Å². The van der Waals surface area contributed by atoms with Crippen molar-refractivity contribution in [2.24, 2.45) is 0 Å². The fourth-order valence-corrected chi connectivity index (χ4v) is 2.46. The molecule has 0 saturated carbocycles. The summed E-state index contributed by atoms with van der Waals surface area (Å²) in [5.74, 6) is 0.796. The molecule has 0 unspecified atom stereocenters. The highest BCUT2D eigenvalue weighted by molar-refractivity contribution is 8.00. The number of piperidine rings is 1. The molecule has 0 aromatic carbocycles. The zero-order valence-electron chi connectivity index (χ0n) is 8.14. The van der Waals surface area contributed by atoms with E-state index in [9.17, 15) is 4.79 Å². The maximum absolute atomic E-state index is 11.1. The lowest BCUT2D eigenvalue weighted by Gasteiger charge is -2.21. The highest BCUT2D eigenvalue weighted by Crippen LogP contribution is 2.19. The maximum Gasteiger partial charge on any atom is 0.229 e. The van der Waals surface area contributed by atoms with Crippen LogP contribution in [0.25, 0.3) is 0 Å². The standard InChI is InChI=1S/C9H18N2OS/c1-2-11-9(12)7-13-8-3-5-10-6-4-8/h8,10H,2-7H2,1H3,(H,11,12). The van der Waals surface area contributed by atoms with E-state index in [0.29, 0.717) is 11.0 Å². The number of thioether (sulfide) groups is 1. The van der Waals surface area contributed by atoms with Crippen LogP contribution in [0.1, 0.15) is 19.8 Å². The third kappa shape index (κ3) is 4.52. The Morgan fingerprint density at radius 3 is 2.85 bits per heavy atom. The lowest BCUT2D eigenvalue weighted by atomic mass is 10.2. The molecular formula is C9H18N2OS. The minimum atomic E-state index is 0.172. The van der Waals surface area contributed by atoms with Crippen molar-refractivity contribution in [3.63, 3.8) is 0 Å². The molecule has 13 heavy (non-hydrogen) atoms. The number of carbonyl (C=O) groups excluding carboxylic acids is 1. The average Bonchev–Trinajstić information content (AvgIpc) is 2.17. The van der Waals surface area contributed by atoms with Gasteiger partial charge in [0.15, 0.2) is 0 Å². The van der Waals surface area contributed by atoms with Crippen molar-refractivity contribution < 1.29 is 4.79 Å². The summed E-state index contributed by atoms with van der Waals surface area (Å²) in [6, 6.07) is 0. The third-order valence-corrected chi connectivity index (χ3v) is 3.48. The van der Waals surface area contributed by atoms with Gasteiger partial charge in [0.1, 0.15) is 0 Å². The van der Waals surface area contributed by atoms with Gasteiger partial charge in [0.2, 0.25) is 5.91 Å². The van der Waals surface area contributed by atoms with E-state index >= 15 is 0 Å². The quantitative estimate of drug-likeness (QED) is 0.702. The lowest BCUT2D eigenvalue weighted by Crippen LogP contribution is -2.31. The predicted octanol–water partition coefficient (Wildman–Crippen LogP) is 0.608. The van der Waals surface area contributed by atoms with Crippen LogP contribution in [0.5, 0.6) is 0 Å². The van der Waals surface area contributed by atoms with E-state index < -0.39 is 0 Å². The Balaban J connectivity index is 2.06. The Hall–Kier alpha value is -0.220. The molecule has 0 atom stereocenters. The minimum Gasteiger partial charge on any atom is -0.356 e. The first-order valence-electron chi connectivity index (χ1n) is 4.92. The summed E-state index contributed by atoms with van der Waals surface area (Å²) in [7, 11) is 0. The topological polar surface area (TPSA) is 41.1 Å². The van der Waals surface area contributed by atoms with Crippen LogP contribution in [0.4, 0.5) is 0 Å². The van der Waals surface area contributed by atoms with Crippen molar-refractivity contribution in [2.45, 2.75) is 25.0 Å². The average molecular weight is 202 g/mol. The number of carbonyl (C=O) groups is 1. The Labute approximate surface area is 84.0 Å². The molecule has 1 saturated heterocycles. The number of amides is 1. The van der Waals surface area contributed by atoms with Crippen LogP contribution >= 0.6 is 11.8 Å². The number of rotatable bonds is 4. The summed E-state index contributed by atoms with van der Waals surface area (Å²) in [6.07, 6.45) is 2.40. The number of hydrogen-bond donors (Lipinski definition) is 2. The van der Waals surface area contributed by atoms with Gasteiger partial charge in [-0.25, -0.2) is 0 Å². The molecule has 0 aromatic rings. The molecule has 1 amide bonds. The first-order valence-corrected chi connectivity index (χ1v) is 5.97. The van der Waals surface area contributed by atoms with E-state index in [1.165, 1.54) is 12.8 Å². The van der Waals surface area contributed by atoms with Gasteiger partial charge in [0.05, 0.1) is 5.75 Å². The van der Waals surface area contributed by atoms with Crippen molar-refractivity contribution in [3.8, 4) is 0 Å². The van der Waals surface area contributed by atoms with Gasteiger partial charge >= 0.3 is 0 Å². The van der Waals surface area contributed by atoms with Crippen LogP contribution in [-0.2, 0) is 4.79 Å². The molecule has 2 N–H and O–H groups in total.